The molecule has 12 heteroatoms. The molecule has 1 atom stereocenters. The topological polar surface area (TPSA) is 87.4 Å². The molecule has 0 aliphatic heterocycles. The normalized spacial score (nSPS) is 12.5. The van der Waals surface area contributed by atoms with Crippen molar-refractivity contribution in [3.63, 3.8) is 0 Å². The molecule has 3 rings (SSSR count). The Labute approximate surface area is 198 Å². The van der Waals surface area contributed by atoms with Crippen LogP contribution in [0, 0.1) is 0 Å². The lowest BCUT2D eigenvalue weighted by Crippen LogP contribution is -2.41. The number of halogens is 3. The zero-order chi connectivity index (χ0) is 23.8. The lowest BCUT2D eigenvalue weighted by Gasteiger charge is -2.30. The van der Waals surface area contributed by atoms with Gasteiger partial charge in [-0.3, -0.25) is 9.29 Å². The Morgan fingerprint density at radius 1 is 1.21 bits per heavy atom. The third-order valence-electron chi connectivity index (χ3n) is 4.59. The number of likely N-dealkylation sites (N-methyl/N-ethyl adjacent to an activating group) is 1. The monoisotopic (exact) mass is 498 g/mol. The van der Waals surface area contributed by atoms with Crippen LogP contribution in [0.5, 0.6) is 0 Å². The number of alkyl halides is 2. The predicted octanol–water partition coefficient (Wildman–Crippen LogP) is 4.24. The van der Waals surface area contributed by atoms with E-state index in [4.69, 9.17) is 16.0 Å². The third-order valence-corrected chi connectivity index (χ3v) is 6.35. The Morgan fingerprint density at radius 2 is 2.03 bits per heavy atom. The van der Waals surface area contributed by atoms with E-state index in [1.54, 1.807) is 34.6 Å². The highest BCUT2D eigenvalue weighted by Gasteiger charge is 2.23. The van der Waals surface area contributed by atoms with Crippen LogP contribution in [-0.2, 0) is 17.7 Å². The summed E-state index contributed by atoms with van der Waals surface area (Å²) in [5.74, 6) is -0.782. The van der Waals surface area contributed by atoms with Crippen LogP contribution >= 0.6 is 11.6 Å². The van der Waals surface area contributed by atoms with E-state index in [0.29, 0.717) is 41.6 Å². The van der Waals surface area contributed by atoms with E-state index in [0.717, 1.165) is 6.42 Å². The summed E-state index contributed by atoms with van der Waals surface area (Å²) in [4.78, 5) is 4.39. The Hall–Kier alpha value is -2.47. The van der Waals surface area contributed by atoms with Crippen LogP contribution in [0.4, 0.5) is 14.5 Å². The van der Waals surface area contributed by atoms with Gasteiger partial charge in [-0.25, -0.2) is 8.51 Å². The SMILES string of the molecule is CCCN(CCNC)S(=O)N(Cc1ccc(-c2nnc(C(F)F)o2)cn1)c1cccc(Cl)c1. The Kier molecular flexibility index (Phi) is 9.24. The molecule has 2 aromatic heterocycles. The largest absolute Gasteiger partial charge is 0.415 e. The zero-order valence-electron chi connectivity index (χ0n) is 18.2. The fraction of sp³-hybridized carbons (Fsp3) is 0.381. The minimum absolute atomic E-state index is 0.0409. The van der Waals surface area contributed by atoms with Gasteiger partial charge in [-0.05, 0) is 43.8 Å². The van der Waals surface area contributed by atoms with Crippen LogP contribution < -0.4 is 9.62 Å². The molecule has 2 heterocycles. The summed E-state index contributed by atoms with van der Waals surface area (Å²) in [6.07, 6.45) is -0.535. The van der Waals surface area contributed by atoms with Gasteiger partial charge in [0, 0.05) is 30.9 Å². The Bertz CT molecular complexity index is 1050. The smallest absolute Gasteiger partial charge is 0.314 e. The number of benzene rings is 1. The fourth-order valence-electron chi connectivity index (χ4n) is 2.99. The van der Waals surface area contributed by atoms with E-state index in [9.17, 15) is 13.0 Å². The molecule has 0 spiro atoms. The summed E-state index contributed by atoms with van der Waals surface area (Å²) < 4.78 is 47.6. The van der Waals surface area contributed by atoms with E-state index in [-0.39, 0.29) is 12.4 Å². The predicted molar refractivity (Wildman–Crippen MR) is 124 cm³/mol. The maximum Gasteiger partial charge on any atom is 0.314 e. The van der Waals surface area contributed by atoms with Crippen LogP contribution in [-0.4, -0.2) is 50.4 Å². The molecule has 0 amide bonds. The first-order valence-electron chi connectivity index (χ1n) is 10.3. The molecule has 1 N–H and O–H groups in total. The molecule has 3 aromatic rings. The maximum atomic E-state index is 13.6. The summed E-state index contributed by atoms with van der Waals surface area (Å²) in [7, 11) is 1.85. The van der Waals surface area contributed by atoms with Crippen molar-refractivity contribution in [1.82, 2.24) is 24.8 Å². The second kappa shape index (κ2) is 12.1. The van der Waals surface area contributed by atoms with Crippen molar-refractivity contribution in [3.05, 3.63) is 59.2 Å². The van der Waals surface area contributed by atoms with Gasteiger partial charge in [0.05, 0.1) is 23.5 Å². The van der Waals surface area contributed by atoms with Crippen molar-refractivity contribution in [3.8, 4) is 11.5 Å². The zero-order valence-corrected chi connectivity index (χ0v) is 19.8. The lowest BCUT2D eigenvalue weighted by molar-refractivity contribution is 0.116. The molecule has 0 aliphatic carbocycles. The first-order valence-corrected chi connectivity index (χ1v) is 11.8. The fourth-order valence-corrected chi connectivity index (χ4v) is 4.58. The molecule has 33 heavy (non-hydrogen) atoms. The molecule has 0 aliphatic rings. The Morgan fingerprint density at radius 3 is 2.64 bits per heavy atom. The summed E-state index contributed by atoms with van der Waals surface area (Å²) >= 11 is 4.70. The van der Waals surface area contributed by atoms with Gasteiger partial charge < -0.3 is 9.73 Å². The maximum absolute atomic E-state index is 13.6. The van der Waals surface area contributed by atoms with Gasteiger partial charge in [0.2, 0.25) is 5.89 Å². The number of nitrogens with one attached hydrogen (secondary N) is 1. The molecule has 8 nitrogen and oxygen atoms in total. The molecule has 0 saturated carbocycles. The van der Waals surface area contributed by atoms with E-state index < -0.39 is 23.5 Å². The standard InChI is InChI=1S/C21H25ClF2N6O2S/c1-3-10-29(11-9-25-2)33(31)30(18-6-4-5-16(22)12-18)14-17-8-7-15(13-26-17)20-27-28-21(32-20)19(23)24/h4-8,12-13,19,25H,3,9-11,14H2,1-2H3. The molecule has 0 radical (unpaired) electrons. The molecular formula is C21H25ClF2N6O2S. The van der Waals surface area contributed by atoms with Crippen molar-refractivity contribution >= 4 is 28.5 Å². The van der Waals surface area contributed by atoms with Gasteiger partial charge in [0.1, 0.15) is 0 Å². The van der Waals surface area contributed by atoms with Gasteiger partial charge in [-0.15, -0.1) is 10.2 Å². The van der Waals surface area contributed by atoms with E-state index in [2.05, 4.69) is 20.5 Å². The quantitative estimate of drug-likeness (QED) is 0.402. The van der Waals surface area contributed by atoms with Gasteiger partial charge in [0.15, 0.2) is 11.2 Å². The minimum Gasteiger partial charge on any atom is -0.415 e. The van der Waals surface area contributed by atoms with Crippen LogP contribution in [0.25, 0.3) is 11.5 Å². The summed E-state index contributed by atoms with van der Waals surface area (Å²) in [5.41, 5.74) is 1.72. The van der Waals surface area contributed by atoms with Crippen LogP contribution in [0.15, 0.2) is 47.0 Å². The molecule has 1 unspecified atom stereocenters. The van der Waals surface area contributed by atoms with Crippen molar-refractivity contribution in [1.29, 1.82) is 0 Å². The average Bonchev–Trinajstić information content (AvgIpc) is 3.31. The van der Waals surface area contributed by atoms with Gasteiger partial charge in [-0.2, -0.15) is 8.78 Å². The van der Waals surface area contributed by atoms with Crippen molar-refractivity contribution < 1.29 is 17.4 Å². The summed E-state index contributed by atoms with van der Waals surface area (Å²) in [6, 6.07) is 10.5. The number of pyridine rings is 1. The average molecular weight is 499 g/mol. The summed E-state index contributed by atoms with van der Waals surface area (Å²) in [6.45, 7) is 4.21. The van der Waals surface area contributed by atoms with Crippen LogP contribution in [0.1, 0.15) is 31.4 Å². The van der Waals surface area contributed by atoms with Crippen LogP contribution in [0.2, 0.25) is 5.02 Å². The highest BCUT2D eigenvalue weighted by atomic mass is 35.5. The van der Waals surface area contributed by atoms with E-state index in [1.807, 2.05) is 24.3 Å². The Balaban J connectivity index is 1.85. The van der Waals surface area contributed by atoms with Crippen LogP contribution in [0.3, 0.4) is 0 Å². The highest BCUT2D eigenvalue weighted by Crippen LogP contribution is 2.26. The van der Waals surface area contributed by atoms with E-state index >= 15 is 0 Å². The van der Waals surface area contributed by atoms with Gasteiger partial charge in [0.25, 0.3) is 5.89 Å². The number of hydrogen-bond acceptors (Lipinski definition) is 6. The molecule has 0 bridgehead atoms. The second-order valence-corrected chi connectivity index (χ2v) is 8.92. The first kappa shape index (κ1) is 25.2. The first-order chi connectivity index (χ1) is 15.9. The molecule has 1 aromatic carbocycles. The number of anilines is 1. The molecule has 0 fully saturated rings. The molecule has 0 saturated heterocycles. The number of hydrogen-bond donors (Lipinski definition) is 1. The summed E-state index contributed by atoms with van der Waals surface area (Å²) in [5, 5.41) is 10.6. The van der Waals surface area contributed by atoms with Crippen molar-refractivity contribution in [2.24, 2.45) is 0 Å². The van der Waals surface area contributed by atoms with Crippen molar-refractivity contribution in [2.45, 2.75) is 26.3 Å². The highest BCUT2D eigenvalue weighted by molar-refractivity contribution is 7.84. The lowest BCUT2D eigenvalue weighted by atomic mass is 10.2. The van der Waals surface area contributed by atoms with Crippen molar-refractivity contribution in [2.75, 3.05) is 31.0 Å². The minimum atomic E-state index is -2.84. The number of aromatic nitrogens is 3. The molecular weight excluding hydrogens is 474 g/mol. The van der Waals surface area contributed by atoms with E-state index in [1.165, 1.54) is 6.20 Å². The third kappa shape index (κ3) is 6.76. The van der Waals surface area contributed by atoms with Gasteiger partial charge >= 0.3 is 6.43 Å². The molecule has 178 valence electrons. The van der Waals surface area contributed by atoms with Gasteiger partial charge in [-0.1, -0.05) is 24.6 Å². The number of rotatable bonds is 12. The number of nitrogens with zero attached hydrogens (tertiary/aromatic N) is 5. The second-order valence-electron chi connectivity index (χ2n) is 7.06.